The van der Waals surface area contributed by atoms with Crippen molar-refractivity contribution in [2.24, 2.45) is 0 Å². The molecule has 2 aromatic heterocycles. The highest BCUT2D eigenvalue weighted by Gasteiger charge is 2.11. The van der Waals surface area contributed by atoms with Crippen LogP contribution < -0.4 is 5.73 Å². The molecule has 0 unspecified atom stereocenters. The molecular formula is C14H12BrN3O. The summed E-state index contributed by atoms with van der Waals surface area (Å²) in [5.74, 6) is 1.26. The first-order valence-corrected chi connectivity index (χ1v) is 6.61. The summed E-state index contributed by atoms with van der Waals surface area (Å²) in [5.41, 5.74) is 8.83. The number of hydrogen-bond acceptors (Lipinski definition) is 3. The molecule has 2 N–H and O–H groups in total. The van der Waals surface area contributed by atoms with Gasteiger partial charge in [0, 0.05) is 6.07 Å². The molecule has 0 saturated carbocycles. The van der Waals surface area contributed by atoms with Crippen molar-refractivity contribution in [2.75, 3.05) is 5.73 Å². The Bertz CT molecular complexity index is 730. The molecular weight excluding hydrogens is 306 g/mol. The van der Waals surface area contributed by atoms with E-state index in [1.54, 1.807) is 10.7 Å². The summed E-state index contributed by atoms with van der Waals surface area (Å²) >= 11 is 3.28. The number of aromatic nitrogens is 2. The van der Waals surface area contributed by atoms with Crippen molar-refractivity contribution in [3.8, 4) is 17.1 Å². The lowest BCUT2D eigenvalue weighted by Crippen LogP contribution is -2.01. The minimum Gasteiger partial charge on any atom is -0.448 e. The first kappa shape index (κ1) is 12.0. The smallest absolute Gasteiger partial charge is 0.169 e. The van der Waals surface area contributed by atoms with Crippen molar-refractivity contribution in [2.45, 2.75) is 6.92 Å². The lowest BCUT2D eigenvalue weighted by Gasteiger charge is -2.04. The fourth-order valence-corrected chi connectivity index (χ4v) is 2.24. The van der Waals surface area contributed by atoms with Gasteiger partial charge in [-0.3, -0.25) is 0 Å². The molecule has 1 aromatic carbocycles. The topological polar surface area (TPSA) is 57.0 Å². The van der Waals surface area contributed by atoms with Crippen LogP contribution in [0.25, 0.3) is 17.1 Å². The number of nitrogens with zero attached hydrogens (tertiary/aromatic N) is 2. The normalized spacial score (nSPS) is 10.8. The van der Waals surface area contributed by atoms with Crippen molar-refractivity contribution in [1.82, 2.24) is 9.78 Å². The number of furan rings is 1. The Hall–Kier alpha value is -2.01. The molecule has 4 nitrogen and oxygen atoms in total. The molecule has 0 bridgehead atoms. The van der Waals surface area contributed by atoms with E-state index in [9.17, 15) is 0 Å². The van der Waals surface area contributed by atoms with E-state index in [2.05, 4.69) is 21.0 Å². The second-order valence-corrected chi connectivity index (χ2v) is 5.09. The Morgan fingerprint density at radius 1 is 1.21 bits per heavy atom. The average Bonchev–Trinajstić information content (AvgIpc) is 2.95. The van der Waals surface area contributed by atoms with E-state index in [0.29, 0.717) is 21.9 Å². The molecule has 96 valence electrons. The van der Waals surface area contributed by atoms with Crippen LogP contribution in [-0.2, 0) is 0 Å². The fraction of sp³-hybridized carbons (Fsp3) is 0.0714. The van der Waals surface area contributed by atoms with Crippen molar-refractivity contribution in [3.63, 3.8) is 0 Å². The number of hydrogen-bond donors (Lipinski definition) is 1. The largest absolute Gasteiger partial charge is 0.448 e. The summed E-state index contributed by atoms with van der Waals surface area (Å²) in [6.45, 7) is 2.04. The van der Waals surface area contributed by atoms with E-state index in [0.717, 1.165) is 11.3 Å². The maximum Gasteiger partial charge on any atom is 0.169 e. The lowest BCUT2D eigenvalue weighted by molar-refractivity contribution is 0.553. The monoisotopic (exact) mass is 317 g/mol. The summed E-state index contributed by atoms with van der Waals surface area (Å²) in [4.78, 5) is 0. The molecule has 0 aliphatic heterocycles. The van der Waals surface area contributed by atoms with Gasteiger partial charge in [-0.25, -0.2) is 4.68 Å². The molecule has 0 spiro atoms. The van der Waals surface area contributed by atoms with Gasteiger partial charge in [-0.1, -0.05) is 12.1 Å². The molecule has 3 aromatic rings. The fourth-order valence-electron chi connectivity index (χ4n) is 1.93. The van der Waals surface area contributed by atoms with Gasteiger partial charge >= 0.3 is 0 Å². The van der Waals surface area contributed by atoms with E-state index in [1.165, 1.54) is 0 Å². The summed E-state index contributed by atoms with van der Waals surface area (Å²) in [6.07, 6.45) is 0. The second kappa shape index (κ2) is 4.59. The van der Waals surface area contributed by atoms with E-state index in [-0.39, 0.29) is 0 Å². The molecule has 0 amide bonds. The van der Waals surface area contributed by atoms with Crippen molar-refractivity contribution in [1.29, 1.82) is 0 Å². The van der Waals surface area contributed by atoms with E-state index in [1.807, 2.05) is 43.3 Å². The summed E-state index contributed by atoms with van der Waals surface area (Å²) in [5, 5.41) is 4.48. The van der Waals surface area contributed by atoms with Gasteiger partial charge in [0.2, 0.25) is 0 Å². The minimum absolute atomic E-state index is 0.577. The quantitative estimate of drug-likeness (QED) is 0.782. The van der Waals surface area contributed by atoms with Gasteiger partial charge in [-0.2, -0.15) is 5.10 Å². The Labute approximate surface area is 119 Å². The number of nitrogen functional groups attached to an aromatic ring is 1. The lowest BCUT2D eigenvalue weighted by atomic mass is 10.2. The molecule has 5 heteroatoms. The highest BCUT2D eigenvalue weighted by atomic mass is 79.9. The van der Waals surface area contributed by atoms with Gasteiger partial charge in [-0.15, -0.1) is 0 Å². The molecule has 0 radical (unpaired) electrons. The number of benzene rings is 1. The first-order chi connectivity index (χ1) is 9.13. The SMILES string of the molecule is Cc1cccc(-n2nc(-c3ccc(Br)o3)cc2N)c1. The number of nitrogens with two attached hydrogens (primary N) is 1. The molecule has 0 atom stereocenters. The van der Waals surface area contributed by atoms with Gasteiger partial charge in [0.15, 0.2) is 10.4 Å². The predicted molar refractivity (Wildman–Crippen MR) is 78.1 cm³/mol. The van der Waals surface area contributed by atoms with Crippen molar-refractivity contribution in [3.05, 3.63) is 52.7 Å². The highest BCUT2D eigenvalue weighted by Crippen LogP contribution is 2.26. The summed E-state index contributed by atoms with van der Waals surface area (Å²) in [7, 11) is 0. The number of aryl methyl sites for hydroxylation is 1. The van der Waals surface area contributed by atoms with E-state index in [4.69, 9.17) is 10.2 Å². The number of anilines is 1. The van der Waals surface area contributed by atoms with E-state index < -0.39 is 0 Å². The van der Waals surface area contributed by atoms with Crippen molar-refractivity contribution >= 4 is 21.7 Å². The Morgan fingerprint density at radius 3 is 2.74 bits per heavy atom. The van der Waals surface area contributed by atoms with Crippen LogP contribution in [0.3, 0.4) is 0 Å². The van der Waals surface area contributed by atoms with Gasteiger partial charge in [0.1, 0.15) is 11.5 Å². The third-order valence-electron chi connectivity index (χ3n) is 2.81. The minimum atomic E-state index is 0.577. The maximum atomic E-state index is 6.01. The van der Waals surface area contributed by atoms with E-state index >= 15 is 0 Å². The van der Waals surface area contributed by atoms with Gasteiger partial charge in [0.25, 0.3) is 0 Å². The van der Waals surface area contributed by atoms with Crippen LogP contribution in [0.15, 0.2) is 51.6 Å². The zero-order chi connectivity index (χ0) is 13.4. The van der Waals surface area contributed by atoms with Crippen LogP contribution in [0.4, 0.5) is 5.82 Å². The molecule has 2 heterocycles. The highest BCUT2D eigenvalue weighted by molar-refractivity contribution is 9.10. The molecule has 0 saturated heterocycles. The van der Waals surface area contributed by atoms with Crippen LogP contribution >= 0.6 is 15.9 Å². The average molecular weight is 318 g/mol. The Balaban J connectivity index is 2.07. The predicted octanol–water partition coefficient (Wildman–Crippen LogP) is 3.79. The van der Waals surface area contributed by atoms with Crippen molar-refractivity contribution < 1.29 is 4.42 Å². The molecule has 19 heavy (non-hydrogen) atoms. The first-order valence-electron chi connectivity index (χ1n) is 5.82. The zero-order valence-corrected chi connectivity index (χ0v) is 11.9. The van der Waals surface area contributed by atoms with Crippen LogP contribution in [0.5, 0.6) is 0 Å². The third kappa shape index (κ3) is 2.29. The van der Waals surface area contributed by atoms with Gasteiger partial charge in [-0.05, 0) is 52.7 Å². The zero-order valence-electron chi connectivity index (χ0n) is 10.3. The number of rotatable bonds is 2. The van der Waals surface area contributed by atoms with Gasteiger partial charge < -0.3 is 10.2 Å². The van der Waals surface area contributed by atoms with Crippen LogP contribution in [0.2, 0.25) is 0 Å². The molecule has 0 aliphatic carbocycles. The molecule has 0 fully saturated rings. The number of halogens is 1. The maximum absolute atomic E-state index is 6.01. The third-order valence-corrected chi connectivity index (χ3v) is 3.23. The molecule has 0 aliphatic rings. The Kier molecular flexibility index (Phi) is 2.91. The summed E-state index contributed by atoms with van der Waals surface area (Å²) in [6, 6.07) is 13.5. The summed E-state index contributed by atoms with van der Waals surface area (Å²) < 4.78 is 7.86. The van der Waals surface area contributed by atoms with Crippen LogP contribution in [0.1, 0.15) is 5.56 Å². The second-order valence-electron chi connectivity index (χ2n) is 4.31. The molecule has 3 rings (SSSR count). The van der Waals surface area contributed by atoms with Gasteiger partial charge in [0.05, 0.1) is 5.69 Å². The van der Waals surface area contributed by atoms with Crippen LogP contribution in [0, 0.1) is 6.92 Å². The Morgan fingerprint density at radius 2 is 2.05 bits per heavy atom. The van der Waals surface area contributed by atoms with Crippen LogP contribution in [-0.4, -0.2) is 9.78 Å². The standard InChI is InChI=1S/C14H12BrN3O/c1-9-3-2-4-10(7-9)18-14(16)8-11(17-18)12-5-6-13(15)19-12/h2-8H,16H2,1H3.